The highest BCUT2D eigenvalue weighted by molar-refractivity contribution is 7.08. The lowest BCUT2D eigenvalue weighted by Crippen LogP contribution is -2.36. The van der Waals surface area contributed by atoms with Gasteiger partial charge >= 0.3 is 0 Å². The van der Waals surface area contributed by atoms with E-state index >= 15 is 0 Å². The van der Waals surface area contributed by atoms with Gasteiger partial charge in [-0.3, -0.25) is 0 Å². The first-order valence-corrected chi connectivity index (χ1v) is 7.55. The molecule has 1 N–H and O–H groups in total. The van der Waals surface area contributed by atoms with Crippen LogP contribution in [0, 0.1) is 0 Å². The predicted octanol–water partition coefficient (Wildman–Crippen LogP) is 4.29. The fraction of sp³-hybridized carbons (Fsp3) is 0.375. The predicted molar refractivity (Wildman–Crippen MR) is 75.9 cm³/mol. The van der Waals surface area contributed by atoms with Crippen LogP contribution in [-0.4, -0.2) is 5.11 Å². The van der Waals surface area contributed by atoms with Gasteiger partial charge in [-0.05, 0) is 40.8 Å². The van der Waals surface area contributed by atoms with Crippen LogP contribution < -0.4 is 0 Å². The molecule has 1 fully saturated rings. The van der Waals surface area contributed by atoms with Gasteiger partial charge in [-0.1, -0.05) is 43.2 Å². The number of rotatable bonds is 2. The molecule has 2 unspecified atom stereocenters. The Morgan fingerprint density at radius 1 is 1.11 bits per heavy atom. The molecule has 0 aliphatic heterocycles. The first-order chi connectivity index (χ1) is 8.81. The Hall–Kier alpha value is -1.12. The van der Waals surface area contributed by atoms with Gasteiger partial charge in [0.1, 0.15) is 0 Å². The van der Waals surface area contributed by atoms with Crippen molar-refractivity contribution in [1.82, 2.24) is 0 Å². The van der Waals surface area contributed by atoms with Gasteiger partial charge in [-0.2, -0.15) is 11.3 Å². The van der Waals surface area contributed by atoms with E-state index in [-0.39, 0.29) is 5.92 Å². The highest BCUT2D eigenvalue weighted by Crippen LogP contribution is 2.47. The van der Waals surface area contributed by atoms with Crippen LogP contribution in [0.25, 0.3) is 0 Å². The summed E-state index contributed by atoms with van der Waals surface area (Å²) >= 11 is 1.67. The number of aliphatic hydroxyl groups is 1. The van der Waals surface area contributed by atoms with E-state index < -0.39 is 5.60 Å². The summed E-state index contributed by atoms with van der Waals surface area (Å²) in [5.74, 6) is 0.238. The third-order valence-corrected chi connectivity index (χ3v) is 4.78. The topological polar surface area (TPSA) is 20.2 Å². The van der Waals surface area contributed by atoms with E-state index in [0.29, 0.717) is 0 Å². The maximum absolute atomic E-state index is 11.2. The molecule has 3 rings (SSSR count). The van der Waals surface area contributed by atoms with Gasteiger partial charge in [-0.15, -0.1) is 0 Å². The smallest absolute Gasteiger partial charge is 0.0972 e. The number of hydrogen-bond acceptors (Lipinski definition) is 2. The van der Waals surface area contributed by atoms with Crippen molar-refractivity contribution in [3.8, 4) is 0 Å². The third-order valence-electron chi connectivity index (χ3n) is 4.10. The van der Waals surface area contributed by atoms with Crippen LogP contribution in [-0.2, 0) is 5.60 Å². The van der Waals surface area contributed by atoms with Crippen LogP contribution in [0.1, 0.15) is 42.7 Å². The Labute approximate surface area is 112 Å². The average molecular weight is 258 g/mol. The van der Waals surface area contributed by atoms with E-state index in [0.717, 1.165) is 24.8 Å². The molecule has 2 heteroatoms. The second-order valence-corrected chi connectivity index (χ2v) is 5.93. The Balaban J connectivity index is 2.01. The van der Waals surface area contributed by atoms with Crippen molar-refractivity contribution in [2.75, 3.05) is 0 Å². The fourth-order valence-corrected chi connectivity index (χ4v) is 3.87. The van der Waals surface area contributed by atoms with Crippen LogP contribution >= 0.6 is 11.3 Å². The SMILES string of the molecule is OC1(c2ccsc2)CCCCC1c1ccccc1. The van der Waals surface area contributed by atoms with Gasteiger partial charge in [0.2, 0.25) is 0 Å². The van der Waals surface area contributed by atoms with E-state index in [2.05, 4.69) is 41.1 Å². The first kappa shape index (κ1) is 11.9. The van der Waals surface area contributed by atoms with Crippen LogP contribution in [0.2, 0.25) is 0 Å². The lowest BCUT2D eigenvalue weighted by atomic mass is 9.69. The van der Waals surface area contributed by atoms with Crippen LogP contribution in [0.3, 0.4) is 0 Å². The molecule has 2 atom stereocenters. The second-order valence-electron chi connectivity index (χ2n) is 5.15. The molecule has 0 spiro atoms. The molecule has 94 valence electrons. The molecule has 0 bridgehead atoms. The van der Waals surface area contributed by atoms with Gasteiger partial charge in [0.15, 0.2) is 0 Å². The van der Waals surface area contributed by atoms with Gasteiger partial charge in [0.25, 0.3) is 0 Å². The molecule has 0 radical (unpaired) electrons. The van der Waals surface area contributed by atoms with Crippen molar-refractivity contribution in [3.05, 3.63) is 58.3 Å². The average Bonchev–Trinajstić information content (AvgIpc) is 2.95. The van der Waals surface area contributed by atoms with Crippen molar-refractivity contribution in [2.45, 2.75) is 37.2 Å². The molecular weight excluding hydrogens is 240 g/mol. The minimum Gasteiger partial charge on any atom is -0.384 e. The van der Waals surface area contributed by atoms with Crippen molar-refractivity contribution < 1.29 is 5.11 Å². The molecule has 1 aliphatic rings. The zero-order chi connectivity index (χ0) is 12.4. The lowest BCUT2D eigenvalue weighted by molar-refractivity contribution is -0.0220. The zero-order valence-electron chi connectivity index (χ0n) is 10.4. The zero-order valence-corrected chi connectivity index (χ0v) is 11.2. The summed E-state index contributed by atoms with van der Waals surface area (Å²) in [6.07, 6.45) is 4.29. The molecule has 1 aromatic carbocycles. The molecule has 1 nitrogen and oxygen atoms in total. The maximum atomic E-state index is 11.2. The van der Waals surface area contributed by atoms with Gasteiger partial charge < -0.3 is 5.11 Å². The highest BCUT2D eigenvalue weighted by atomic mass is 32.1. The van der Waals surface area contributed by atoms with Gasteiger partial charge in [0, 0.05) is 5.92 Å². The molecule has 0 saturated heterocycles. The first-order valence-electron chi connectivity index (χ1n) is 6.61. The Morgan fingerprint density at radius 2 is 1.94 bits per heavy atom. The van der Waals surface area contributed by atoms with E-state index in [1.54, 1.807) is 11.3 Å². The van der Waals surface area contributed by atoms with Crippen LogP contribution in [0.4, 0.5) is 0 Å². The third kappa shape index (κ3) is 2.00. The lowest BCUT2D eigenvalue weighted by Gasteiger charge is -2.40. The van der Waals surface area contributed by atoms with E-state index in [4.69, 9.17) is 0 Å². The molecule has 1 saturated carbocycles. The summed E-state index contributed by atoms with van der Waals surface area (Å²) in [7, 11) is 0. The summed E-state index contributed by atoms with van der Waals surface area (Å²) < 4.78 is 0. The summed E-state index contributed by atoms with van der Waals surface area (Å²) in [5, 5.41) is 15.3. The second kappa shape index (κ2) is 4.87. The van der Waals surface area contributed by atoms with Crippen molar-refractivity contribution in [2.24, 2.45) is 0 Å². The molecule has 18 heavy (non-hydrogen) atoms. The molecule has 1 aliphatic carbocycles. The standard InChI is InChI=1S/C16H18OS/c17-16(14-9-11-18-12-14)10-5-4-8-15(16)13-6-2-1-3-7-13/h1-3,6-7,9,11-12,15,17H,4-5,8,10H2. The highest BCUT2D eigenvalue weighted by Gasteiger charge is 2.41. The van der Waals surface area contributed by atoms with Gasteiger partial charge in [0.05, 0.1) is 5.60 Å². The number of benzene rings is 1. The van der Waals surface area contributed by atoms with Crippen molar-refractivity contribution in [1.29, 1.82) is 0 Å². The minimum absolute atomic E-state index is 0.238. The normalized spacial score (nSPS) is 28.2. The summed E-state index contributed by atoms with van der Waals surface area (Å²) in [6, 6.07) is 12.5. The maximum Gasteiger partial charge on any atom is 0.0972 e. The summed E-state index contributed by atoms with van der Waals surface area (Å²) in [5.41, 5.74) is 1.70. The molecular formula is C16H18OS. The Morgan fingerprint density at radius 3 is 2.67 bits per heavy atom. The van der Waals surface area contributed by atoms with E-state index in [1.165, 1.54) is 12.0 Å². The molecule has 2 aromatic rings. The largest absolute Gasteiger partial charge is 0.384 e. The summed E-state index contributed by atoms with van der Waals surface area (Å²) in [4.78, 5) is 0. The van der Waals surface area contributed by atoms with E-state index in [9.17, 15) is 5.11 Å². The van der Waals surface area contributed by atoms with E-state index in [1.807, 2.05) is 6.07 Å². The number of hydrogen-bond donors (Lipinski definition) is 1. The fourth-order valence-electron chi connectivity index (χ4n) is 3.14. The van der Waals surface area contributed by atoms with Crippen molar-refractivity contribution >= 4 is 11.3 Å². The monoisotopic (exact) mass is 258 g/mol. The Kier molecular flexibility index (Phi) is 3.23. The van der Waals surface area contributed by atoms with Crippen molar-refractivity contribution in [3.63, 3.8) is 0 Å². The van der Waals surface area contributed by atoms with Crippen LogP contribution in [0.15, 0.2) is 47.2 Å². The van der Waals surface area contributed by atoms with Gasteiger partial charge in [-0.25, -0.2) is 0 Å². The summed E-state index contributed by atoms with van der Waals surface area (Å²) in [6.45, 7) is 0. The molecule has 0 amide bonds. The number of thiophene rings is 1. The molecule has 1 heterocycles. The van der Waals surface area contributed by atoms with Crippen LogP contribution in [0.5, 0.6) is 0 Å². The quantitative estimate of drug-likeness (QED) is 0.851. The Bertz CT molecular complexity index is 491. The minimum atomic E-state index is -0.667. The molecule has 1 aromatic heterocycles.